The molecule has 0 saturated heterocycles. The van der Waals surface area contributed by atoms with E-state index in [1.807, 2.05) is 24.3 Å². The van der Waals surface area contributed by atoms with Crippen LogP contribution >= 0.6 is 0 Å². The SMILES string of the molecule is Cn1ncc(C(=O)Nc2cncc3ccccc23)c1C(F)F. The number of nitrogens with zero attached hydrogens (tertiary/aromatic N) is 3. The van der Waals surface area contributed by atoms with Gasteiger partial charge in [0.2, 0.25) is 0 Å². The molecule has 0 radical (unpaired) electrons. The third-order valence-corrected chi connectivity index (χ3v) is 3.35. The first-order valence-corrected chi connectivity index (χ1v) is 6.52. The van der Waals surface area contributed by atoms with E-state index in [0.717, 1.165) is 21.7 Å². The Hall–Kier alpha value is -2.83. The molecular formula is C15H12F2N4O. The van der Waals surface area contributed by atoms with Crippen molar-refractivity contribution in [2.24, 2.45) is 7.05 Å². The Balaban J connectivity index is 1.97. The van der Waals surface area contributed by atoms with Gasteiger partial charge in [-0.05, 0) is 0 Å². The predicted octanol–water partition coefficient (Wildman–Crippen LogP) is 3.16. The maximum atomic E-state index is 13.0. The number of carbonyl (C=O) groups excluding carboxylic acids is 1. The van der Waals surface area contributed by atoms with Crippen molar-refractivity contribution in [3.8, 4) is 0 Å². The zero-order valence-electron chi connectivity index (χ0n) is 11.6. The minimum atomic E-state index is -2.78. The molecule has 0 spiro atoms. The zero-order valence-corrected chi connectivity index (χ0v) is 11.6. The second kappa shape index (κ2) is 5.51. The average Bonchev–Trinajstić information content (AvgIpc) is 2.89. The van der Waals surface area contributed by atoms with Crippen LogP contribution in [0.5, 0.6) is 0 Å². The molecule has 3 rings (SSSR count). The van der Waals surface area contributed by atoms with Crippen molar-refractivity contribution in [3.05, 3.63) is 54.1 Å². The van der Waals surface area contributed by atoms with E-state index in [0.29, 0.717) is 5.69 Å². The van der Waals surface area contributed by atoms with Crippen LogP contribution in [-0.4, -0.2) is 20.7 Å². The van der Waals surface area contributed by atoms with Crippen LogP contribution in [0.4, 0.5) is 14.5 Å². The number of pyridine rings is 1. The summed E-state index contributed by atoms with van der Waals surface area (Å²) in [5.41, 5.74) is -0.0942. The molecule has 0 unspecified atom stereocenters. The maximum absolute atomic E-state index is 13.0. The van der Waals surface area contributed by atoms with Gasteiger partial charge in [-0.1, -0.05) is 24.3 Å². The van der Waals surface area contributed by atoms with Crippen LogP contribution in [0.25, 0.3) is 10.8 Å². The summed E-state index contributed by atoms with van der Waals surface area (Å²) >= 11 is 0. The first-order valence-electron chi connectivity index (χ1n) is 6.52. The highest BCUT2D eigenvalue weighted by atomic mass is 19.3. The van der Waals surface area contributed by atoms with Gasteiger partial charge in [-0.2, -0.15) is 5.10 Å². The summed E-state index contributed by atoms with van der Waals surface area (Å²) in [6.07, 6.45) is 1.51. The number of hydrogen-bond acceptors (Lipinski definition) is 3. The van der Waals surface area contributed by atoms with E-state index < -0.39 is 18.0 Å². The molecule has 0 aliphatic heterocycles. The highest BCUT2D eigenvalue weighted by molar-refractivity contribution is 6.09. The molecule has 0 saturated carbocycles. The van der Waals surface area contributed by atoms with E-state index in [1.165, 1.54) is 13.2 Å². The summed E-state index contributed by atoms with van der Waals surface area (Å²) in [5.74, 6) is -0.637. The standard InChI is InChI=1S/C15H12F2N4O/c1-21-13(14(16)17)11(7-19-21)15(22)20-12-8-18-6-9-4-2-3-5-10(9)12/h2-8,14H,1H3,(H,20,22). The number of aryl methyl sites for hydroxylation is 1. The van der Waals surface area contributed by atoms with Crippen molar-refractivity contribution >= 4 is 22.4 Å². The number of halogens is 2. The molecule has 0 atom stereocenters. The normalized spacial score (nSPS) is 11.1. The average molecular weight is 302 g/mol. The fourth-order valence-corrected chi connectivity index (χ4v) is 2.29. The molecule has 0 fully saturated rings. The molecule has 1 N–H and O–H groups in total. The molecule has 1 aromatic carbocycles. The molecule has 112 valence electrons. The molecule has 1 amide bonds. The summed E-state index contributed by atoms with van der Waals surface area (Å²) < 4.78 is 27.0. The third-order valence-electron chi connectivity index (χ3n) is 3.35. The number of amides is 1. The zero-order chi connectivity index (χ0) is 15.7. The summed E-state index contributed by atoms with van der Waals surface area (Å²) in [4.78, 5) is 16.3. The Bertz CT molecular complexity index is 839. The number of nitrogens with one attached hydrogen (secondary N) is 1. The molecule has 3 aromatic rings. The van der Waals surface area contributed by atoms with Crippen LogP contribution in [0, 0.1) is 0 Å². The second-order valence-electron chi connectivity index (χ2n) is 4.73. The molecule has 2 heterocycles. The van der Waals surface area contributed by atoms with E-state index in [-0.39, 0.29) is 5.56 Å². The van der Waals surface area contributed by atoms with E-state index in [4.69, 9.17) is 0 Å². The lowest BCUT2D eigenvalue weighted by Gasteiger charge is -2.09. The van der Waals surface area contributed by atoms with Crippen molar-refractivity contribution < 1.29 is 13.6 Å². The van der Waals surface area contributed by atoms with E-state index in [9.17, 15) is 13.6 Å². The molecule has 0 bridgehead atoms. The quantitative estimate of drug-likeness (QED) is 0.808. The lowest BCUT2D eigenvalue weighted by molar-refractivity contribution is 0.100. The largest absolute Gasteiger partial charge is 0.320 e. The monoisotopic (exact) mass is 302 g/mol. The maximum Gasteiger partial charge on any atom is 0.280 e. The molecule has 22 heavy (non-hydrogen) atoms. The fourth-order valence-electron chi connectivity index (χ4n) is 2.29. The smallest absolute Gasteiger partial charge is 0.280 e. The van der Waals surface area contributed by atoms with Gasteiger partial charge in [0.15, 0.2) is 0 Å². The van der Waals surface area contributed by atoms with Gasteiger partial charge in [0.1, 0.15) is 5.69 Å². The number of rotatable bonds is 3. The van der Waals surface area contributed by atoms with Gasteiger partial charge >= 0.3 is 0 Å². The van der Waals surface area contributed by atoms with Gasteiger partial charge in [-0.15, -0.1) is 0 Å². The first-order chi connectivity index (χ1) is 10.6. The lowest BCUT2D eigenvalue weighted by Crippen LogP contribution is -2.15. The summed E-state index contributed by atoms with van der Waals surface area (Å²) in [6, 6.07) is 7.36. The van der Waals surface area contributed by atoms with Crippen molar-refractivity contribution in [2.75, 3.05) is 5.32 Å². The van der Waals surface area contributed by atoms with Gasteiger partial charge in [0, 0.05) is 24.0 Å². The Morgan fingerprint density at radius 3 is 2.77 bits per heavy atom. The minimum Gasteiger partial charge on any atom is -0.320 e. The number of hydrogen-bond donors (Lipinski definition) is 1. The Morgan fingerprint density at radius 2 is 2.00 bits per heavy atom. The molecule has 5 nitrogen and oxygen atoms in total. The first kappa shape index (κ1) is 14.1. The van der Waals surface area contributed by atoms with Crippen LogP contribution in [-0.2, 0) is 7.05 Å². The van der Waals surface area contributed by atoms with Gasteiger partial charge < -0.3 is 5.32 Å². The van der Waals surface area contributed by atoms with Crippen molar-refractivity contribution in [3.63, 3.8) is 0 Å². The fraction of sp³-hybridized carbons (Fsp3) is 0.133. The minimum absolute atomic E-state index is 0.148. The molecular weight excluding hydrogens is 290 g/mol. The number of fused-ring (bicyclic) bond motifs is 1. The highest BCUT2D eigenvalue weighted by Gasteiger charge is 2.23. The van der Waals surface area contributed by atoms with E-state index >= 15 is 0 Å². The van der Waals surface area contributed by atoms with Crippen LogP contribution in [0.1, 0.15) is 22.5 Å². The van der Waals surface area contributed by atoms with Crippen molar-refractivity contribution in [1.82, 2.24) is 14.8 Å². The Labute approximate surface area is 124 Å². The third kappa shape index (κ3) is 2.41. The Kier molecular flexibility index (Phi) is 3.54. The van der Waals surface area contributed by atoms with Gasteiger partial charge in [0.05, 0.1) is 23.6 Å². The Morgan fingerprint density at radius 1 is 1.23 bits per heavy atom. The highest BCUT2D eigenvalue weighted by Crippen LogP contribution is 2.25. The molecule has 7 heteroatoms. The predicted molar refractivity (Wildman–Crippen MR) is 77.9 cm³/mol. The summed E-state index contributed by atoms with van der Waals surface area (Å²) in [6.45, 7) is 0. The number of benzene rings is 1. The number of aromatic nitrogens is 3. The van der Waals surface area contributed by atoms with Gasteiger partial charge in [-0.3, -0.25) is 14.5 Å². The van der Waals surface area contributed by atoms with Crippen LogP contribution in [0.15, 0.2) is 42.9 Å². The number of alkyl halides is 2. The van der Waals surface area contributed by atoms with Crippen molar-refractivity contribution in [2.45, 2.75) is 6.43 Å². The van der Waals surface area contributed by atoms with Gasteiger partial charge in [-0.25, -0.2) is 8.78 Å². The number of carbonyl (C=O) groups is 1. The lowest BCUT2D eigenvalue weighted by atomic mass is 10.1. The molecule has 0 aliphatic carbocycles. The van der Waals surface area contributed by atoms with Crippen molar-refractivity contribution in [1.29, 1.82) is 0 Å². The summed E-state index contributed by atoms with van der Waals surface area (Å²) in [5, 5.41) is 7.98. The second-order valence-corrected chi connectivity index (χ2v) is 4.73. The summed E-state index contributed by atoms with van der Waals surface area (Å²) in [7, 11) is 1.37. The van der Waals surface area contributed by atoms with Gasteiger partial charge in [0.25, 0.3) is 12.3 Å². The van der Waals surface area contributed by atoms with E-state index in [2.05, 4.69) is 15.4 Å². The van der Waals surface area contributed by atoms with Crippen LogP contribution < -0.4 is 5.32 Å². The molecule has 0 aliphatic rings. The van der Waals surface area contributed by atoms with E-state index in [1.54, 1.807) is 6.20 Å². The van der Waals surface area contributed by atoms with Crippen LogP contribution in [0.3, 0.4) is 0 Å². The topological polar surface area (TPSA) is 59.8 Å². The number of anilines is 1. The molecule has 2 aromatic heterocycles. The van der Waals surface area contributed by atoms with Crippen LogP contribution in [0.2, 0.25) is 0 Å².